The SMILES string of the molecule is CCOCC1CCCN(C(=O)c2cc(-c3ccc(OC)cc3)nc(=O)[nH]2)C1. The van der Waals surface area contributed by atoms with Crippen LogP contribution in [0.3, 0.4) is 0 Å². The molecule has 144 valence electrons. The number of likely N-dealkylation sites (tertiary alicyclic amines) is 1. The number of H-pyrrole nitrogens is 1. The Balaban J connectivity index is 1.80. The second kappa shape index (κ2) is 8.81. The standard InChI is InChI=1S/C20H25N3O4/c1-3-27-13-14-5-4-10-23(12-14)19(24)18-11-17(21-20(25)22-18)15-6-8-16(26-2)9-7-15/h6-9,11,14H,3-5,10,12-13H2,1-2H3,(H,21,22,25). The Bertz CT molecular complexity index is 832. The Morgan fingerprint density at radius 3 is 2.81 bits per heavy atom. The first kappa shape index (κ1) is 19.1. The number of piperidine rings is 1. The van der Waals surface area contributed by atoms with Crippen LogP contribution >= 0.6 is 0 Å². The second-order valence-electron chi connectivity index (χ2n) is 6.63. The average Bonchev–Trinajstić information content (AvgIpc) is 2.71. The van der Waals surface area contributed by atoms with Gasteiger partial charge in [0, 0.05) is 25.3 Å². The van der Waals surface area contributed by atoms with Crippen molar-refractivity contribution in [3.05, 3.63) is 46.5 Å². The maximum Gasteiger partial charge on any atom is 0.346 e. The van der Waals surface area contributed by atoms with Crippen molar-refractivity contribution in [2.45, 2.75) is 19.8 Å². The molecular weight excluding hydrogens is 346 g/mol. The predicted molar refractivity (Wildman–Crippen MR) is 102 cm³/mol. The third-order valence-corrected chi connectivity index (χ3v) is 4.72. The number of aromatic amines is 1. The number of nitrogens with one attached hydrogen (secondary N) is 1. The summed E-state index contributed by atoms with van der Waals surface area (Å²) >= 11 is 0. The van der Waals surface area contributed by atoms with E-state index in [1.54, 1.807) is 30.2 Å². The Hall–Kier alpha value is -2.67. The van der Waals surface area contributed by atoms with Crippen molar-refractivity contribution in [2.75, 3.05) is 33.4 Å². The summed E-state index contributed by atoms with van der Waals surface area (Å²) in [7, 11) is 1.59. The highest BCUT2D eigenvalue weighted by Gasteiger charge is 2.25. The van der Waals surface area contributed by atoms with E-state index in [4.69, 9.17) is 9.47 Å². The number of carbonyl (C=O) groups excluding carboxylic acids is 1. The minimum absolute atomic E-state index is 0.175. The van der Waals surface area contributed by atoms with Gasteiger partial charge in [0.1, 0.15) is 11.4 Å². The van der Waals surface area contributed by atoms with Crippen LogP contribution in [-0.2, 0) is 4.74 Å². The number of nitrogens with zero attached hydrogens (tertiary/aromatic N) is 2. The van der Waals surface area contributed by atoms with E-state index in [2.05, 4.69) is 9.97 Å². The highest BCUT2D eigenvalue weighted by atomic mass is 16.5. The van der Waals surface area contributed by atoms with Crippen molar-refractivity contribution in [1.82, 2.24) is 14.9 Å². The predicted octanol–water partition coefficient (Wildman–Crippen LogP) is 2.33. The lowest BCUT2D eigenvalue weighted by Gasteiger charge is -2.32. The number of carbonyl (C=O) groups is 1. The molecule has 1 aromatic carbocycles. The highest BCUT2D eigenvalue weighted by Crippen LogP contribution is 2.22. The van der Waals surface area contributed by atoms with Gasteiger partial charge < -0.3 is 19.4 Å². The van der Waals surface area contributed by atoms with Gasteiger partial charge in [0.2, 0.25) is 0 Å². The molecule has 1 saturated heterocycles. The van der Waals surface area contributed by atoms with Gasteiger partial charge in [-0.05, 0) is 56.0 Å². The molecule has 1 atom stereocenters. The quantitative estimate of drug-likeness (QED) is 0.842. The molecule has 2 aromatic rings. The van der Waals surface area contributed by atoms with Crippen molar-refractivity contribution < 1.29 is 14.3 Å². The number of rotatable bonds is 6. The number of benzene rings is 1. The molecule has 1 fully saturated rings. The van der Waals surface area contributed by atoms with E-state index >= 15 is 0 Å². The van der Waals surface area contributed by atoms with E-state index in [0.29, 0.717) is 43.7 Å². The van der Waals surface area contributed by atoms with Crippen molar-refractivity contribution >= 4 is 5.91 Å². The van der Waals surface area contributed by atoms with Crippen LogP contribution in [-0.4, -0.2) is 54.2 Å². The first-order valence-electron chi connectivity index (χ1n) is 9.23. The van der Waals surface area contributed by atoms with Crippen LogP contribution in [0.15, 0.2) is 35.1 Å². The smallest absolute Gasteiger partial charge is 0.346 e. The van der Waals surface area contributed by atoms with Gasteiger partial charge in [-0.3, -0.25) is 4.79 Å². The minimum atomic E-state index is -0.533. The summed E-state index contributed by atoms with van der Waals surface area (Å²) in [6.45, 7) is 4.62. The fourth-order valence-corrected chi connectivity index (χ4v) is 3.32. The summed E-state index contributed by atoms with van der Waals surface area (Å²) in [5.41, 5.74) is 0.948. The van der Waals surface area contributed by atoms with Crippen molar-refractivity contribution in [3.63, 3.8) is 0 Å². The molecule has 1 aliphatic rings. The van der Waals surface area contributed by atoms with Gasteiger partial charge in [0.25, 0.3) is 5.91 Å². The monoisotopic (exact) mass is 371 g/mol. The van der Waals surface area contributed by atoms with Crippen LogP contribution in [0.4, 0.5) is 0 Å². The fraction of sp³-hybridized carbons (Fsp3) is 0.450. The minimum Gasteiger partial charge on any atom is -0.497 e. The number of aromatic nitrogens is 2. The van der Waals surface area contributed by atoms with E-state index in [1.807, 2.05) is 19.1 Å². The van der Waals surface area contributed by atoms with E-state index in [-0.39, 0.29) is 11.6 Å². The number of hydrogen-bond acceptors (Lipinski definition) is 5. The normalized spacial score (nSPS) is 17.0. The zero-order valence-electron chi connectivity index (χ0n) is 15.7. The Labute approximate surface area is 158 Å². The molecule has 0 bridgehead atoms. The molecule has 2 heterocycles. The highest BCUT2D eigenvalue weighted by molar-refractivity contribution is 5.93. The van der Waals surface area contributed by atoms with Gasteiger partial charge in [-0.15, -0.1) is 0 Å². The lowest BCUT2D eigenvalue weighted by atomic mass is 9.98. The third kappa shape index (κ3) is 4.74. The summed E-state index contributed by atoms with van der Waals surface area (Å²) in [5.74, 6) is 0.872. The summed E-state index contributed by atoms with van der Waals surface area (Å²) in [5, 5.41) is 0. The summed E-state index contributed by atoms with van der Waals surface area (Å²) < 4.78 is 10.7. The van der Waals surface area contributed by atoms with Gasteiger partial charge >= 0.3 is 5.69 Å². The molecular formula is C20H25N3O4. The van der Waals surface area contributed by atoms with Gasteiger partial charge in [-0.1, -0.05) is 0 Å². The largest absolute Gasteiger partial charge is 0.497 e. The third-order valence-electron chi connectivity index (χ3n) is 4.72. The van der Waals surface area contributed by atoms with Crippen LogP contribution in [0, 0.1) is 5.92 Å². The molecule has 27 heavy (non-hydrogen) atoms. The first-order chi connectivity index (χ1) is 13.1. The van der Waals surface area contributed by atoms with Gasteiger partial charge in [-0.25, -0.2) is 4.79 Å². The zero-order chi connectivity index (χ0) is 19.2. The van der Waals surface area contributed by atoms with Crippen LogP contribution in [0.2, 0.25) is 0 Å². The van der Waals surface area contributed by atoms with Crippen LogP contribution in [0.1, 0.15) is 30.3 Å². The summed E-state index contributed by atoms with van der Waals surface area (Å²) in [6, 6.07) is 8.85. The van der Waals surface area contributed by atoms with Crippen molar-refractivity contribution in [2.24, 2.45) is 5.92 Å². The lowest BCUT2D eigenvalue weighted by molar-refractivity contribution is 0.0496. The second-order valence-corrected chi connectivity index (χ2v) is 6.63. The molecule has 0 radical (unpaired) electrons. The number of amides is 1. The molecule has 1 unspecified atom stereocenters. The maximum absolute atomic E-state index is 12.9. The summed E-state index contributed by atoms with van der Waals surface area (Å²) in [4.78, 5) is 33.3. The van der Waals surface area contributed by atoms with E-state index in [9.17, 15) is 9.59 Å². The van der Waals surface area contributed by atoms with Crippen molar-refractivity contribution in [3.8, 4) is 17.0 Å². The maximum atomic E-state index is 12.9. The molecule has 1 amide bonds. The fourth-order valence-electron chi connectivity index (χ4n) is 3.32. The van der Waals surface area contributed by atoms with E-state index in [1.165, 1.54) is 0 Å². The Morgan fingerprint density at radius 1 is 1.33 bits per heavy atom. The molecule has 3 rings (SSSR count). The lowest BCUT2D eigenvalue weighted by Crippen LogP contribution is -2.42. The van der Waals surface area contributed by atoms with Crippen LogP contribution < -0.4 is 10.4 Å². The molecule has 1 N–H and O–H groups in total. The molecule has 0 aliphatic carbocycles. The zero-order valence-corrected chi connectivity index (χ0v) is 15.7. The number of ether oxygens (including phenoxy) is 2. The molecule has 7 nitrogen and oxygen atoms in total. The average molecular weight is 371 g/mol. The molecule has 1 aliphatic heterocycles. The number of methoxy groups -OCH3 is 1. The Kier molecular flexibility index (Phi) is 6.24. The van der Waals surface area contributed by atoms with Gasteiger partial charge in [0.05, 0.1) is 19.4 Å². The molecule has 0 saturated carbocycles. The molecule has 7 heteroatoms. The van der Waals surface area contributed by atoms with E-state index in [0.717, 1.165) is 18.4 Å². The van der Waals surface area contributed by atoms with Crippen molar-refractivity contribution in [1.29, 1.82) is 0 Å². The number of hydrogen-bond donors (Lipinski definition) is 1. The molecule has 0 spiro atoms. The summed E-state index contributed by atoms with van der Waals surface area (Å²) in [6.07, 6.45) is 1.98. The Morgan fingerprint density at radius 2 is 2.11 bits per heavy atom. The first-order valence-corrected chi connectivity index (χ1v) is 9.23. The van der Waals surface area contributed by atoms with Gasteiger partial charge in [-0.2, -0.15) is 4.98 Å². The van der Waals surface area contributed by atoms with Gasteiger partial charge in [0.15, 0.2) is 0 Å². The topological polar surface area (TPSA) is 84.5 Å². The molecule has 1 aromatic heterocycles. The van der Waals surface area contributed by atoms with E-state index < -0.39 is 5.69 Å². The van der Waals surface area contributed by atoms with Crippen LogP contribution in [0.25, 0.3) is 11.3 Å². The van der Waals surface area contributed by atoms with Crippen LogP contribution in [0.5, 0.6) is 5.75 Å².